The fourth-order valence-corrected chi connectivity index (χ4v) is 1.41. The average Bonchev–Trinajstić information content (AvgIpc) is 2.16. The highest BCUT2D eigenvalue weighted by atomic mass is 79.9. The second kappa shape index (κ2) is 6.88. The molecule has 14 heavy (non-hydrogen) atoms. The monoisotopic (exact) mass is 257 g/mol. The van der Waals surface area contributed by atoms with Crippen LogP contribution in [-0.4, -0.2) is 6.54 Å². The predicted molar refractivity (Wildman–Crippen MR) is 68.5 cm³/mol. The van der Waals surface area contributed by atoms with Gasteiger partial charge >= 0.3 is 0 Å². The number of rotatable bonds is 5. The molecule has 0 amide bonds. The highest BCUT2D eigenvalue weighted by molar-refractivity contribution is 9.11. The van der Waals surface area contributed by atoms with Crippen LogP contribution in [0.5, 0.6) is 0 Å². The van der Waals surface area contributed by atoms with Gasteiger partial charge in [-0.2, -0.15) is 0 Å². The maximum absolute atomic E-state index is 3.75. The van der Waals surface area contributed by atoms with Crippen molar-refractivity contribution in [2.75, 3.05) is 6.54 Å². The van der Waals surface area contributed by atoms with Gasteiger partial charge in [0.1, 0.15) is 0 Å². The zero-order valence-corrected chi connectivity index (χ0v) is 11.2. The maximum atomic E-state index is 3.75. The molecule has 0 aliphatic carbocycles. The molecule has 1 nitrogen and oxygen atoms in total. The lowest BCUT2D eigenvalue weighted by Gasteiger charge is -2.14. The van der Waals surface area contributed by atoms with E-state index in [2.05, 4.69) is 55.5 Å². The Morgan fingerprint density at radius 3 is 2.29 bits per heavy atom. The zero-order chi connectivity index (χ0) is 11.1. The smallest absolute Gasteiger partial charge is 0.0367 e. The third kappa shape index (κ3) is 4.14. The van der Waals surface area contributed by atoms with Gasteiger partial charge in [-0.25, -0.2) is 0 Å². The van der Waals surface area contributed by atoms with Crippen LogP contribution in [0, 0.1) is 0 Å². The first-order chi connectivity index (χ1) is 6.54. The molecule has 0 bridgehead atoms. The Morgan fingerprint density at radius 1 is 1.36 bits per heavy atom. The fraction of sp³-hybridized carbons (Fsp3) is 0.500. The van der Waals surface area contributed by atoms with E-state index in [1.165, 1.54) is 16.8 Å². The van der Waals surface area contributed by atoms with Gasteiger partial charge in [0.15, 0.2) is 0 Å². The minimum Gasteiger partial charge on any atom is -0.385 e. The molecule has 0 spiro atoms. The van der Waals surface area contributed by atoms with E-state index in [9.17, 15) is 0 Å². The molecule has 0 aromatic rings. The van der Waals surface area contributed by atoms with Gasteiger partial charge in [0.2, 0.25) is 0 Å². The molecule has 0 saturated carbocycles. The van der Waals surface area contributed by atoms with Gasteiger partial charge in [0.25, 0.3) is 0 Å². The van der Waals surface area contributed by atoms with Crippen molar-refractivity contribution in [1.29, 1.82) is 0 Å². The normalized spacial score (nSPS) is 11.8. The maximum Gasteiger partial charge on any atom is 0.0367 e. The van der Waals surface area contributed by atoms with E-state index in [0.29, 0.717) is 0 Å². The van der Waals surface area contributed by atoms with E-state index >= 15 is 0 Å². The molecule has 2 heteroatoms. The van der Waals surface area contributed by atoms with Crippen molar-refractivity contribution in [3.05, 3.63) is 34.0 Å². The van der Waals surface area contributed by atoms with Gasteiger partial charge in [0, 0.05) is 16.7 Å². The van der Waals surface area contributed by atoms with E-state index in [-0.39, 0.29) is 0 Å². The average molecular weight is 258 g/mol. The molecular formula is C12H20BrN. The summed E-state index contributed by atoms with van der Waals surface area (Å²) >= 11 is 3.49. The Morgan fingerprint density at radius 2 is 1.93 bits per heavy atom. The first kappa shape index (κ1) is 13.5. The summed E-state index contributed by atoms with van der Waals surface area (Å²) in [5.74, 6) is 0. The number of hydrogen-bond acceptors (Lipinski definition) is 1. The van der Waals surface area contributed by atoms with Crippen molar-refractivity contribution < 1.29 is 0 Å². The molecule has 0 unspecified atom stereocenters. The molecule has 0 radical (unpaired) electrons. The Bertz CT molecular complexity index is 257. The molecule has 0 rings (SSSR count). The number of hydrogen-bond donors (Lipinski definition) is 1. The van der Waals surface area contributed by atoms with Gasteiger partial charge in [-0.05, 0) is 32.8 Å². The van der Waals surface area contributed by atoms with Crippen LogP contribution in [0.15, 0.2) is 34.0 Å². The molecule has 1 N–H and O–H groups in total. The standard InChI is InChI=1S/C12H20BrN/c1-6-8-14-12(9(3)4)10(5)11(13)7-2/h7,14H,2,6,8H2,1,3-5H3/b11-10+. The quantitative estimate of drug-likeness (QED) is 0.731. The predicted octanol–water partition coefficient (Wildman–Crippen LogP) is 4.13. The summed E-state index contributed by atoms with van der Waals surface area (Å²) in [4.78, 5) is 0. The molecule has 0 aromatic heterocycles. The summed E-state index contributed by atoms with van der Waals surface area (Å²) in [6.45, 7) is 13.2. The third-order valence-electron chi connectivity index (χ3n) is 1.96. The van der Waals surface area contributed by atoms with Crippen LogP contribution in [0.4, 0.5) is 0 Å². The Labute approximate surface area is 96.1 Å². The van der Waals surface area contributed by atoms with Crippen molar-refractivity contribution in [1.82, 2.24) is 5.32 Å². The highest BCUT2D eigenvalue weighted by Crippen LogP contribution is 2.20. The SMILES string of the molecule is C=C/C(Br)=C(/C)C(NCCC)=C(C)C. The highest BCUT2D eigenvalue weighted by Gasteiger charge is 2.04. The molecule has 0 aromatic carbocycles. The van der Waals surface area contributed by atoms with Crippen molar-refractivity contribution in [3.8, 4) is 0 Å². The van der Waals surface area contributed by atoms with Gasteiger partial charge in [0.05, 0.1) is 0 Å². The number of allylic oxidation sites excluding steroid dienone is 4. The molecule has 0 fully saturated rings. The second-order valence-corrected chi connectivity index (χ2v) is 4.33. The van der Waals surface area contributed by atoms with Crippen molar-refractivity contribution in [2.24, 2.45) is 0 Å². The van der Waals surface area contributed by atoms with Gasteiger partial charge in [-0.3, -0.25) is 0 Å². The lowest BCUT2D eigenvalue weighted by Crippen LogP contribution is -2.16. The molecule has 0 saturated heterocycles. The van der Waals surface area contributed by atoms with E-state index in [1.807, 2.05) is 6.08 Å². The molecule has 0 atom stereocenters. The van der Waals surface area contributed by atoms with E-state index < -0.39 is 0 Å². The summed E-state index contributed by atoms with van der Waals surface area (Å²) in [6.07, 6.45) is 2.96. The van der Waals surface area contributed by atoms with Crippen LogP contribution in [0.3, 0.4) is 0 Å². The van der Waals surface area contributed by atoms with Crippen LogP contribution in [0.1, 0.15) is 34.1 Å². The Balaban J connectivity index is 4.86. The van der Waals surface area contributed by atoms with Crippen molar-refractivity contribution in [3.63, 3.8) is 0 Å². The van der Waals surface area contributed by atoms with Gasteiger partial charge in [-0.1, -0.05) is 41.1 Å². The lowest BCUT2D eigenvalue weighted by atomic mass is 10.1. The third-order valence-corrected chi connectivity index (χ3v) is 2.88. The first-order valence-corrected chi connectivity index (χ1v) is 5.74. The molecule has 80 valence electrons. The lowest BCUT2D eigenvalue weighted by molar-refractivity contribution is 0.766. The topological polar surface area (TPSA) is 12.0 Å². The minimum absolute atomic E-state index is 1.01. The van der Waals surface area contributed by atoms with Crippen LogP contribution in [0.2, 0.25) is 0 Å². The summed E-state index contributed by atoms with van der Waals surface area (Å²) < 4.78 is 1.05. The van der Waals surface area contributed by atoms with Crippen molar-refractivity contribution >= 4 is 15.9 Å². The summed E-state index contributed by atoms with van der Waals surface area (Å²) in [5.41, 5.74) is 3.74. The first-order valence-electron chi connectivity index (χ1n) is 4.95. The van der Waals surface area contributed by atoms with Crippen LogP contribution in [-0.2, 0) is 0 Å². The van der Waals surface area contributed by atoms with Gasteiger partial charge < -0.3 is 5.32 Å². The summed E-state index contributed by atoms with van der Waals surface area (Å²) in [5, 5.41) is 3.43. The second-order valence-electron chi connectivity index (χ2n) is 3.48. The van der Waals surface area contributed by atoms with Crippen LogP contribution >= 0.6 is 15.9 Å². The largest absolute Gasteiger partial charge is 0.385 e. The molecular weight excluding hydrogens is 238 g/mol. The fourth-order valence-electron chi connectivity index (χ4n) is 1.21. The van der Waals surface area contributed by atoms with E-state index in [4.69, 9.17) is 0 Å². The number of halogens is 1. The van der Waals surface area contributed by atoms with Crippen molar-refractivity contribution in [2.45, 2.75) is 34.1 Å². The minimum atomic E-state index is 1.01. The summed E-state index contributed by atoms with van der Waals surface area (Å²) in [6, 6.07) is 0. The Kier molecular flexibility index (Phi) is 6.64. The molecule has 0 heterocycles. The zero-order valence-electron chi connectivity index (χ0n) is 9.58. The molecule has 0 aliphatic rings. The molecule has 0 aliphatic heterocycles. The summed E-state index contributed by atoms with van der Waals surface area (Å²) in [7, 11) is 0. The van der Waals surface area contributed by atoms with Gasteiger partial charge in [-0.15, -0.1) is 0 Å². The van der Waals surface area contributed by atoms with Crippen LogP contribution < -0.4 is 5.32 Å². The number of nitrogens with one attached hydrogen (secondary N) is 1. The van der Waals surface area contributed by atoms with E-state index in [1.54, 1.807) is 0 Å². The van der Waals surface area contributed by atoms with Crippen LogP contribution in [0.25, 0.3) is 0 Å². The Hall–Kier alpha value is -0.500. The van der Waals surface area contributed by atoms with E-state index in [0.717, 1.165) is 17.4 Å².